The van der Waals surface area contributed by atoms with Crippen LogP contribution in [0.5, 0.6) is 0 Å². The molecule has 0 saturated heterocycles. The van der Waals surface area contributed by atoms with Gasteiger partial charge in [-0.3, -0.25) is 0 Å². The molecule has 21 heavy (non-hydrogen) atoms. The summed E-state index contributed by atoms with van der Waals surface area (Å²) in [6, 6.07) is 8.83. The average Bonchev–Trinajstić information content (AvgIpc) is 3.28. The van der Waals surface area contributed by atoms with Gasteiger partial charge in [-0.1, -0.05) is 26.0 Å². The molecule has 1 aliphatic rings. The van der Waals surface area contributed by atoms with Gasteiger partial charge in [-0.05, 0) is 48.9 Å². The number of nitrogens with zero attached hydrogens (tertiary/aromatic N) is 1. The third kappa shape index (κ3) is 6.49. The molecule has 118 valence electrons. The van der Waals surface area contributed by atoms with Crippen LogP contribution in [-0.2, 0) is 11.3 Å². The Hall–Kier alpha value is -1.06. The van der Waals surface area contributed by atoms with Crippen LogP contribution in [0.25, 0.3) is 0 Å². The second-order valence-corrected chi connectivity index (χ2v) is 6.63. The first-order chi connectivity index (χ1) is 10.1. The van der Waals surface area contributed by atoms with Crippen molar-refractivity contribution in [3.8, 4) is 0 Å². The molecular formula is C18H30N2O. The first-order valence-electron chi connectivity index (χ1n) is 8.23. The molecule has 1 fully saturated rings. The fourth-order valence-electron chi connectivity index (χ4n) is 2.24. The summed E-state index contributed by atoms with van der Waals surface area (Å²) in [5.41, 5.74) is 2.61. The SMILES string of the molecule is CC(C)CNCc1ccc(N(C)CCOCC2CC2)cc1. The lowest BCUT2D eigenvalue weighted by Crippen LogP contribution is -2.23. The van der Waals surface area contributed by atoms with E-state index in [1.807, 2.05) is 0 Å². The number of likely N-dealkylation sites (N-methyl/N-ethyl adjacent to an activating group) is 1. The molecule has 0 atom stereocenters. The van der Waals surface area contributed by atoms with E-state index in [1.165, 1.54) is 24.1 Å². The summed E-state index contributed by atoms with van der Waals surface area (Å²) in [6.07, 6.45) is 2.73. The maximum atomic E-state index is 5.70. The number of hydrogen-bond acceptors (Lipinski definition) is 3. The van der Waals surface area contributed by atoms with Crippen molar-refractivity contribution in [2.75, 3.05) is 38.3 Å². The van der Waals surface area contributed by atoms with E-state index in [1.54, 1.807) is 0 Å². The minimum Gasteiger partial charge on any atom is -0.379 e. The van der Waals surface area contributed by atoms with E-state index in [0.717, 1.165) is 38.8 Å². The molecule has 0 amide bonds. The van der Waals surface area contributed by atoms with E-state index in [-0.39, 0.29) is 0 Å². The molecule has 1 aromatic rings. The average molecular weight is 290 g/mol. The van der Waals surface area contributed by atoms with E-state index in [0.29, 0.717) is 5.92 Å². The van der Waals surface area contributed by atoms with Gasteiger partial charge in [0.25, 0.3) is 0 Å². The lowest BCUT2D eigenvalue weighted by Gasteiger charge is -2.19. The first kappa shape index (κ1) is 16.3. The monoisotopic (exact) mass is 290 g/mol. The molecule has 3 nitrogen and oxygen atoms in total. The summed E-state index contributed by atoms with van der Waals surface area (Å²) in [5.74, 6) is 1.55. The van der Waals surface area contributed by atoms with Gasteiger partial charge in [-0.25, -0.2) is 0 Å². The zero-order valence-electron chi connectivity index (χ0n) is 13.8. The topological polar surface area (TPSA) is 24.5 Å². The van der Waals surface area contributed by atoms with Crippen molar-refractivity contribution in [3.63, 3.8) is 0 Å². The van der Waals surface area contributed by atoms with E-state index in [9.17, 15) is 0 Å². The number of hydrogen-bond donors (Lipinski definition) is 1. The van der Waals surface area contributed by atoms with Crippen molar-refractivity contribution in [1.29, 1.82) is 0 Å². The summed E-state index contributed by atoms with van der Waals surface area (Å²) in [4.78, 5) is 2.26. The quantitative estimate of drug-likeness (QED) is 0.669. The van der Waals surface area contributed by atoms with Crippen molar-refractivity contribution < 1.29 is 4.74 Å². The smallest absolute Gasteiger partial charge is 0.0641 e. The summed E-state index contributed by atoms with van der Waals surface area (Å²) in [7, 11) is 2.13. The molecule has 0 heterocycles. The highest BCUT2D eigenvalue weighted by molar-refractivity contribution is 5.46. The van der Waals surface area contributed by atoms with Crippen LogP contribution in [0.3, 0.4) is 0 Å². The Morgan fingerprint density at radius 1 is 1.24 bits per heavy atom. The van der Waals surface area contributed by atoms with Gasteiger partial charge in [-0.15, -0.1) is 0 Å². The molecule has 3 heteroatoms. The highest BCUT2D eigenvalue weighted by atomic mass is 16.5. The molecule has 0 radical (unpaired) electrons. The Morgan fingerprint density at radius 3 is 2.57 bits per heavy atom. The highest BCUT2D eigenvalue weighted by Gasteiger charge is 2.20. The number of rotatable bonds is 10. The van der Waals surface area contributed by atoms with Crippen LogP contribution in [0, 0.1) is 11.8 Å². The second-order valence-electron chi connectivity index (χ2n) is 6.63. The second kappa shape index (κ2) is 8.40. The Morgan fingerprint density at radius 2 is 1.95 bits per heavy atom. The lowest BCUT2D eigenvalue weighted by molar-refractivity contribution is 0.131. The third-order valence-electron chi connectivity index (χ3n) is 3.88. The zero-order chi connectivity index (χ0) is 15.1. The van der Waals surface area contributed by atoms with Crippen molar-refractivity contribution in [2.45, 2.75) is 33.2 Å². The minimum absolute atomic E-state index is 0.700. The van der Waals surface area contributed by atoms with Gasteiger partial charge in [0.2, 0.25) is 0 Å². The van der Waals surface area contributed by atoms with Crippen LogP contribution < -0.4 is 10.2 Å². The van der Waals surface area contributed by atoms with E-state index in [2.05, 4.69) is 55.4 Å². The highest BCUT2D eigenvalue weighted by Crippen LogP contribution is 2.28. The number of nitrogens with one attached hydrogen (secondary N) is 1. The van der Waals surface area contributed by atoms with Gasteiger partial charge in [0.05, 0.1) is 6.61 Å². The maximum absolute atomic E-state index is 5.70. The van der Waals surface area contributed by atoms with Crippen molar-refractivity contribution in [2.24, 2.45) is 11.8 Å². The van der Waals surface area contributed by atoms with Gasteiger partial charge in [-0.2, -0.15) is 0 Å². The van der Waals surface area contributed by atoms with Gasteiger partial charge in [0.15, 0.2) is 0 Å². The summed E-state index contributed by atoms with van der Waals surface area (Å²) in [6.45, 7) is 9.22. The third-order valence-corrected chi connectivity index (χ3v) is 3.88. The lowest BCUT2D eigenvalue weighted by atomic mass is 10.2. The summed E-state index contributed by atoms with van der Waals surface area (Å²) < 4.78 is 5.70. The molecule has 0 spiro atoms. The molecular weight excluding hydrogens is 260 g/mol. The molecule has 1 aliphatic carbocycles. The Balaban J connectivity index is 1.66. The molecule has 1 N–H and O–H groups in total. The normalized spacial score (nSPS) is 14.7. The number of anilines is 1. The first-order valence-corrected chi connectivity index (χ1v) is 8.23. The zero-order valence-corrected chi connectivity index (χ0v) is 13.8. The minimum atomic E-state index is 0.700. The van der Waals surface area contributed by atoms with Crippen LogP contribution in [0.1, 0.15) is 32.3 Å². The summed E-state index contributed by atoms with van der Waals surface area (Å²) in [5, 5.41) is 3.47. The predicted molar refractivity (Wildman–Crippen MR) is 89.8 cm³/mol. The van der Waals surface area contributed by atoms with Crippen LogP contribution in [-0.4, -0.2) is 33.4 Å². The molecule has 0 unspecified atom stereocenters. The maximum Gasteiger partial charge on any atom is 0.0641 e. The van der Waals surface area contributed by atoms with Crippen molar-refractivity contribution >= 4 is 5.69 Å². The van der Waals surface area contributed by atoms with E-state index < -0.39 is 0 Å². The molecule has 0 aromatic heterocycles. The van der Waals surface area contributed by atoms with Crippen LogP contribution in [0.4, 0.5) is 5.69 Å². The molecule has 1 aromatic carbocycles. The van der Waals surface area contributed by atoms with Crippen molar-refractivity contribution in [1.82, 2.24) is 5.32 Å². The number of benzene rings is 1. The van der Waals surface area contributed by atoms with E-state index in [4.69, 9.17) is 4.74 Å². The predicted octanol–water partition coefficient (Wildman–Crippen LogP) is 3.30. The van der Waals surface area contributed by atoms with Gasteiger partial charge >= 0.3 is 0 Å². The van der Waals surface area contributed by atoms with Gasteiger partial charge < -0.3 is 15.0 Å². The largest absolute Gasteiger partial charge is 0.379 e. The molecule has 0 bridgehead atoms. The molecule has 1 saturated carbocycles. The van der Waals surface area contributed by atoms with Gasteiger partial charge in [0, 0.05) is 32.4 Å². The number of ether oxygens (including phenoxy) is 1. The van der Waals surface area contributed by atoms with Crippen LogP contribution >= 0.6 is 0 Å². The van der Waals surface area contributed by atoms with Gasteiger partial charge in [0.1, 0.15) is 0 Å². The van der Waals surface area contributed by atoms with E-state index >= 15 is 0 Å². The van der Waals surface area contributed by atoms with Crippen LogP contribution in [0.15, 0.2) is 24.3 Å². The molecule has 0 aliphatic heterocycles. The Kier molecular flexibility index (Phi) is 6.52. The van der Waals surface area contributed by atoms with Crippen LogP contribution in [0.2, 0.25) is 0 Å². The Bertz CT molecular complexity index is 398. The standard InChI is InChI=1S/C18H30N2O/c1-15(2)12-19-13-16-6-8-18(9-7-16)20(3)10-11-21-14-17-4-5-17/h6-9,15,17,19H,4-5,10-14H2,1-3H3. The fourth-order valence-corrected chi connectivity index (χ4v) is 2.24. The fraction of sp³-hybridized carbons (Fsp3) is 0.667. The molecule has 2 rings (SSSR count). The Labute approximate surface area is 129 Å². The van der Waals surface area contributed by atoms with Crippen molar-refractivity contribution in [3.05, 3.63) is 29.8 Å². The summed E-state index contributed by atoms with van der Waals surface area (Å²) >= 11 is 0.